The molecule has 0 radical (unpaired) electrons. The van der Waals surface area contributed by atoms with Gasteiger partial charge in [0.15, 0.2) is 5.43 Å². The van der Waals surface area contributed by atoms with E-state index in [0.29, 0.717) is 0 Å². The maximum atomic E-state index is 10.9. The minimum absolute atomic E-state index is 0.0606. The van der Waals surface area contributed by atoms with Crippen LogP contribution in [0.25, 0.3) is 0 Å². The van der Waals surface area contributed by atoms with E-state index in [1.807, 2.05) is 18.2 Å². The van der Waals surface area contributed by atoms with Crippen molar-refractivity contribution >= 4 is 0 Å². The smallest absolute Gasteiger partial charge is 0.178 e. The van der Waals surface area contributed by atoms with Crippen LogP contribution in [-0.2, 0) is 5.41 Å². The molecule has 0 fully saturated rings. The van der Waals surface area contributed by atoms with E-state index in [9.17, 15) is 4.79 Å². The van der Waals surface area contributed by atoms with Crippen molar-refractivity contribution in [2.24, 2.45) is 0 Å². The zero-order valence-electron chi connectivity index (χ0n) is 7.79. The second kappa shape index (κ2) is 3.10. The molecule has 64 valence electrons. The van der Waals surface area contributed by atoms with Gasteiger partial charge in [0.2, 0.25) is 0 Å². The molecule has 0 heterocycles. The molecule has 0 unspecified atom stereocenters. The van der Waals surface area contributed by atoms with Gasteiger partial charge >= 0.3 is 0 Å². The fraction of sp³-hybridized carbons (Fsp3) is 0.364. The van der Waals surface area contributed by atoms with Crippen LogP contribution in [0.2, 0.25) is 0 Å². The van der Waals surface area contributed by atoms with E-state index in [1.54, 1.807) is 12.1 Å². The SMILES string of the molecule is CC(C)(C)c1cccc(=O)cc1. The highest BCUT2D eigenvalue weighted by Gasteiger charge is 2.11. The van der Waals surface area contributed by atoms with Gasteiger partial charge in [-0.3, -0.25) is 4.79 Å². The fourth-order valence-corrected chi connectivity index (χ4v) is 1.03. The van der Waals surface area contributed by atoms with Crippen LogP contribution in [0.3, 0.4) is 0 Å². The van der Waals surface area contributed by atoms with Gasteiger partial charge < -0.3 is 0 Å². The molecule has 0 amide bonds. The van der Waals surface area contributed by atoms with E-state index in [4.69, 9.17) is 0 Å². The van der Waals surface area contributed by atoms with Crippen LogP contribution < -0.4 is 5.43 Å². The van der Waals surface area contributed by atoms with Crippen LogP contribution in [0.4, 0.5) is 0 Å². The summed E-state index contributed by atoms with van der Waals surface area (Å²) in [5, 5.41) is 0. The Morgan fingerprint density at radius 3 is 2.25 bits per heavy atom. The van der Waals surface area contributed by atoms with Crippen molar-refractivity contribution in [2.45, 2.75) is 26.2 Å². The Labute approximate surface area is 73.1 Å². The van der Waals surface area contributed by atoms with Crippen molar-refractivity contribution in [3.05, 3.63) is 46.1 Å². The summed E-state index contributed by atoms with van der Waals surface area (Å²) in [5.74, 6) is 0. The molecule has 0 atom stereocenters. The van der Waals surface area contributed by atoms with E-state index in [1.165, 1.54) is 5.56 Å². The van der Waals surface area contributed by atoms with Crippen molar-refractivity contribution in [3.63, 3.8) is 0 Å². The predicted molar refractivity (Wildman–Crippen MR) is 51.4 cm³/mol. The molecule has 0 saturated carbocycles. The second-order valence-corrected chi connectivity index (χ2v) is 3.97. The van der Waals surface area contributed by atoms with Crippen molar-refractivity contribution in [1.82, 2.24) is 0 Å². The Morgan fingerprint density at radius 2 is 1.67 bits per heavy atom. The lowest BCUT2D eigenvalue weighted by Gasteiger charge is -2.17. The summed E-state index contributed by atoms with van der Waals surface area (Å²) in [6.07, 6.45) is 0. The molecule has 12 heavy (non-hydrogen) atoms. The lowest BCUT2D eigenvalue weighted by atomic mass is 9.88. The summed E-state index contributed by atoms with van der Waals surface area (Å²) >= 11 is 0. The van der Waals surface area contributed by atoms with Gasteiger partial charge in [-0.05, 0) is 23.1 Å². The Kier molecular flexibility index (Phi) is 2.32. The molecular weight excluding hydrogens is 148 g/mol. The van der Waals surface area contributed by atoms with Gasteiger partial charge in [-0.25, -0.2) is 0 Å². The summed E-state index contributed by atoms with van der Waals surface area (Å²) in [4.78, 5) is 10.9. The Balaban J connectivity index is 3.23. The van der Waals surface area contributed by atoms with Gasteiger partial charge in [-0.1, -0.05) is 39.0 Å². The molecule has 0 bridgehead atoms. The van der Waals surface area contributed by atoms with E-state index >= 15 is 0 Å². The average molecular weight is 162 g/mol. The molecule has 0 aliphatic carbocycles. The molecule has 1 aromatic rings. The molecule has 1 nitrogen and oxygen atoms in total. The lowest BCUT2D eigenvalue weighted by Crippen LogP contribution is -2.09. The van der Waals surface area contributed by atoms with Gasteiger partial charge in [0, 0.05) is 0 Å². The normalized spacial score (nSPS) is 11.2. The van der Waals surface area contributed by atoms with Crippen LogP contribution in [0.1, 0.15) is 26.3 Å². The molecule has 0 saturated heterocycles. The summed E-state index contributed by atoms with van der Waals surface area (Å²) in [6, 6.07) is 8.88. The fourth-order valence-electron chi connectivity index (χ4n) is 1.03. The summed E-state index contributed by atoms with van der Waals surface area (Å²) in [5.41, 5.74) is 1.36. The Bertz CT molecular complexity index is 320. The molecule has 1 rings (SSSR count). The van der Waals surface area contributed by atoms with Crippen LogP contribution in [-0.4, -0.2) is 0 Å². The molecule has 0 aromatic heterocycles. The quantitative estimate of drug-likeness (QED) is 0.572. The molecule has 0 aliphatic heterocycles. The highest BCUT2D eigenvalue weighted by molar-refractivity contribution is 5.21. The van der Waals surface area contributed by atoms with Crippen molar-refractivity contribution in [1.29, 1.82) is 0 Å². The first-order chi connectivity index (χ1) is 5.50. The molecule has 0 N–H and O–H groups in total. The predicted octanol–water partition coefficient (Wildman–Crippen LogP) is 2.34. The molecule has 0 aliphatic rings. The minimum Gasteiger partial charge on any atom is -0.290 e. The maximum absolute atomic E-state index is 10.9. The van der Waals surface area contributed by atoms with E-state index in [0.717, 1.165) is 0 Å². The van der Waals surface area contributed by atoms with Crippen molar-refractivity contribution in [3.8, 4) is 0 Å². The van der Waals surface area contributed by atoms with Crippen LogP contribution >= 0.6 is 0 Å². The standard InChI is InChI=1S/C11H14O/c1-11(2,3)9-5-4-6-10(12)8-7-9/h4-8H,1-3H3. The number of hydrogen-bond acceptors (Lipinski definition) is 1. The maximum Gasteiger partial charge on any atom is 0.178 e. The van der Waals surface area contributed by atoms with E-state index in [2.05, 4.69) is 20.8 Å². The third-order valence-corrected chi connectivity index (χ3v) is 1.83. The highest BCUT2D eigenvalue weighted by atomic mass is 16.1. The molecule has 1 aromatic carbocycles. The Hall–Kier alpha value is -1.11. The Morgan fingerprint density at radius 1 is 1.00 bits per heavy atom. The zero-order chi connectivity index (χ0) is 9.19. The topological polar surface area (TPSA) is 17.1 Å². The first-order valence-electron chi connectivity index (χ1n) is 4.11. The number of rotatable bonds is 0. The van der Waals surface area contributed by atoms with Gasteiger partial charge in [0.05, 0.1) is 0 Å². The zero-order valence-corrected chi connectivity index (χ0v) is 7.79. The van der Waals surface area contributed by atoms with Gasteiger partial charge in [0.25, 0.3) is 0 Å². The average Bonchev–Trinajstić information content (AvgIpc) is 2.11. The summed E-state index contributed by atoms with van der Waals surface area (Å²) in [7, 11) is 0. The molecular formula is C11H14O. The third kappa shape index (κ3) is 2.19. The van der Waals surface area contributed by atoms with Crippen LogP contribution in [0, 0.1) is 0 Å². The van der Waals surface area contributed by atoms with Gasteiger partial charge in [-0.2, -0.15) is 0 Å². The molecule has 0 spiro atoms. The van der Waals surface area contributed by atoms with Crippen LogP contribution in [0.5, 0.6) is 0 Å². The first kappa shape index (κ1) is 8.98. The minimum atomic E-state index is 0.0606. The van der Waals surface area contributed by atoms with Crippen molar-refractivity contribution < 1.29 is 0 Å². The molecule has 1 heteroatoms. The first-order valence-corrected chi connectivity index (χ1v) is 4.11. The van der Waals surface area contributed by atoms with Crippen LogP contribution in [0.15, 0.2) is 35.1 Å². The highest BCUT2D eigenvalue weighted by Crippen LogP contribution is 2.19. The third-order valence-electron chi connectivity index (χ3n) is 1.83. The largest absolute Gasteiger partial charge is 0.290 e. The lowest BCUT2D eigenvalue weighted by molar-refractivity contribution is 0.591. The second-order valence-electron chi connectivity index (χ2n) is 3.97. The van der Waals surface area contributed by atoms with E-state index < -0.39 is 0 Å². The van der Waals surface area contributed by atoms with Gasteiger partial charge in [0.1, 0.15) is 0 Å². The number of hydrogen-bond donors (Lipinski definition) is 0. The monoisotopic (exact) mass is 162 g/mol. The van der Waals surface area contributed by atoms with Gasteiger partial charge in [-0.15, -0.1) is 0 Å². The summed E-state index contributed by atoms with van der Waals surface area (Å²) < 4.78 is 0. The summed E-state index contributed by atoms with van der Waals surface area (Å²) in [6.45, 7) is 6.40. The van der Waals surface area contributed by atoms with E-state index in [-0.39, 0.29) is 10.8 Å². The van der Waals surface area contributed by atoms with Crippen molar-refractivity contribution in [2.75, 3.05) is 0 Å².